The Hall–Kier alpha value is -2.02. The molecule has 1 aromatic carbocycles. The standard InChI is InChI=1S/C15H15F2NO4/c16-11-3-1-2-8(13(11)17)9-6-10(9)14(19)18-4-5-22-12(7-18)15(20)21/h1-3,9-10,12H,4-7H2,(H,20,21)/t9-,10+,12-/m0/s1. The molecular formula is C15H15F2NO4. The van der Waals surface area contributed by atoms with Crippen molar-refractivity contribution in [2.75, 3.05) is 19.7 Å². The number of carbonyl (C=O) groups is 2. The number of carbonyl (C=O) groups excluding carboxylic acids is 1. The first-order chi connectivity index (χ1) is 10.5. The zero-order chi connectivity index (χ0) is 15.9. The molecule has 1 amide bonds. The number of aliphatic carboxylic acids is 1. The van der Waals surface area contributed by atoms with Crippen molar-refractivity contribution >= 4 is 11.9 Å². The van der Waals surface area contributed by atoms with Gasteiger partial charge in [0.05, 0.1) is 13.2 Å². The Morgan fingerprint density at radius 1 is 1.32 bits per heavy atom. The average molecular weight is 311 g/mol. The van der Waals surface area contributed by atoms with Crippen molar-refractivity contribution in [1.29, 1.82) is 0 Å². The van der Waals surface area contributed by atoms with Crippen molar-refractivity contribution in [3.8, 4) is 0 Å². The minimum absolute atomic E-state index is 0.0109. The second-order valence-electron chi connectivity index (χ2n) is 5.57. The zero-order valence-corrected chi connectivity index (χ0v) is 11.7. The summed E-state index contributed by atoms with van der Waals surface area (Å²) < 4.78 is 32.0. The third-order valence-electron chi connectivity index (χ3n) is 4.14. The number of hydrogen-bond acceptors (Lipinski definition) is 3. The van der Waals surface area contributed by atoms with Crippen molar-refractivity contribution in [3.05, 3.63) is 35.4 Å². The largest absolute Gasteiger partial charge is 0.479 e. The topological polar surface area (TPSA) is 66.8 Å². The molecule has 0 spiro atoms. The van der Waals surface area contributed by atoms with Crippen LogP contribution in [0.25, 0.3) is 0 Å². The molecule has 3 rings (SSSR count). The number of nitrogens with zero attached hydrogens (tertiary/aromatic N) is 1. The number of morpholine rings is 1. The van der Waals surface area contributed by atoms with Crippen molar-refractivity contribution in [2.45, 2.75) is 18.4 Å². The molecule has 1 heterocycles. The predicted octanol–water partition coefficient (Wildman–Crippen LogP) is 1.38. The van der Waals surface area contributed by atoms with Gasteiger partial charge in [-0.3, -0.25) is 4.79 Å². The third-order valence-corrected chi connectivity index (χ3v) is 4.14. The summed E-state index contributed by atoms with van der Waals surface area (Å²) in [5.41, 5.74) is 0.210. The predicted molar refractivity (Wildman–Crippen MR) is 71.2 cm³/mol. The van der Waals surface area contributed by atoms with Gasteiger partial charge in [0, 0.05) is 12.5 Å². The average Bonchev–Trinajstić information content (AvgIpc) is 3.29. The molecule has 1 saturated heterocycles. The summed E-state index contributed by atoms with van der Waals surface area (Å²) in [5.74, 6) is -3.91. The molecule has 3 atom stereocenters. The smallest absolute Gasteiger partial charge is 0.334 e. The minimum Gasteiger partial charge on any atom is -0.479 e. The molecule has 7 heteroatoms. The molecule has 0 aromatic heterocycles. The first-order valence-corrected chi connectivity index (χ1v) is 7.06. The van der Waals surface area contributed by atoms with Gasteiger partial charge >= 0.3 is 5.97 Å². The van der Waals surface area contributed by atoms with E-state index in [0.29, 0.717) is 13.0 Å². The highest BCUT2D eigenvalue weighted by Gasteiger charge is 2.48. The number of amides is 1. The van der Waals surface area contributed by atoms with E-state index in [1.165, 1.54) is 17.0 Å². The Kier molecular flexibility index (Phi) is 3.82. The first kappa shape index (κ1) is 14.9. The van der Waals surface area contributed by atoms with Crippen molar-refractivity contribution in [3.63, 3.8) is 0 Å². The summed E-state index contributed by atoms with van der Waals surface area (Å²) in [4.78, 5) is 24.7. The number of rotatable bonds is 3. The Bertz CT molecular complexity index is 622. The van der Waals surface area contributed by atoms with Crippen LogP contribution in [0.4, 0.5) is 8.78 Å². The molecule has 1 N–H and O–H groups in total. The van der Waals surface area contributed by atoms with Crippen molar-refractivity contribution in [2.24, 2.45) is 5.92 Å². The fourth-order valence-electron chi connectivity index (χ4n) is 2.85. The van der Waals surface area contributed by atoms with Gasteiger partial charge < -0.3 is 14.7 Å². The Morgan fingerprint density at radius 3 is 2.82 bits per heavy atom. The normalized spacial score (nSPS) is 27.5. The highest BCUT2D eigenvalue weighted by Crippen LogP contribution is 2.49. The molecule has 2 fully saturated rings. The maximum absolute atomic E-state index is 13.7. The van der Waals surface area contributed by atoms with Crippen LogP contribution in [0, 0.1) is 17.6 Å². The first-order valence-electron chi connectivity index (χ1n) is 7.06. The van der Waals surface area contributed by atoms with E-state index in [2.05, 4.69) is 0 Å². The fourth-order valence-corrected chi connectivity index (χ4v) is 2.85. The zero-order valence-electron chi connectivity index (χ0n) is 11.7. The van der Waals surface area contributed by atoms with Gasteiger partial charge in [0.2, 0.25) is 5.91 Å². The summed E-state index contributed by atoms with van der Waals surface area (Å²) in [6.07, 6.45) is -0.574. The van der Waals surface area contributed by atoms with E-state index in [4.69, 9.17) is 9.84 Å². The van der Waals surface area contributed by atoms with Gasteiger partial charge in [0.15, 0.2) is 17.7 Å². The number of carboxylic acid groups (broad SMARTS) is 1. The Balaban J connectivity index is 1.68. The maximum Gasteiger partial charge on any atom is 0.334 e. The molecule has 1 aliphatic carbocycles. The maximum atomic E-state index is 13.7. The van der Waals surface area contributed by atoms with E-state index < -0.39 is 29.6 Å². The number of benzene rings is 1. The van der Waals surface area contributed by atoms with Crippen LogP contribution in [0.1, 0.15) is 17.9 Å². The number of carboxylic acids is 1. The molecule has 5 nitrogen and oxygen atoms in total. The van der Waals surface area contributed by atoms with Crippen molar-refractivity contribution in [1.82, 2.24) is 4.90 Å². The lowest BCUT2D eigenvalue weighted by molar-refractivity contribution is -0.159. The number of halogens is 2. The fraction of sp³-hybridized carbons (Fsp3) is 0.467. The second kappa shape index (κ2) is 5.64. The van der Waals surface area contributed by atoms with E-state index >= 15 is 0 Å². The monoisotopic (exact) mass is 311 g/mol. The van der Waals surface area contributed by atoms with Gasteiger partial charge in [0.25, 0.3) is 0 Å². The molecule has 1 aromatic rings. The molecule has 22 heavy (non-hydrogen) atoms. The van der Waals surface area contributed by atoms with Crippen LogP contribution >= 0.6 is 0 Å². The lowest BCUT2D eigenvalue weighted by Gasteiger charge is -2.31. The molecule has 0 bridgehead atoms. The molecule has 0 unspecified atom stereocenters. The summed E-state index contributed by atoms with van der Waals surface area (Å²) >= 11 is 0. The lowest BCUT2D eigenvalue weighted by atomic mass is 10.1. The van der Waals surface area contributed by atoms with Gasteiger partial charge in [-0.05, 0) is 24.0 Å². The Morgan fingerprint density at radius 2 is 2.09 bits per heavy atom. The third kappa shape index (κ3) is 2.68. The van der Waals surface area contributed by atoms with Crippen LogP contribution in [0.3, 0.4) is 0 Å². The second-order valence-corrected chi connectivity index (χ2v) is 5.57. The van der Waals surface area contributed by atoms with E-state index in [9.17, 15) is 18.4 Å². The highest BCUT2D eigenvalue weighted by molar-refractivity contribution is 5.84. The van der Waals surface area contributed by atoms with Gasteiger partial charge in [-0.15, -0.1) is 0 Å². The lowest BCUT2D eigenvalue weighted by Crippen LogP contribution is -2.49. The number of ether oxygens (including phenoxy) is 1. The van der Waals surface area contributed by atoms with Crippen LogP contribution in [0.15, 0.2) is 18.2 Å². The summed E-state index contributed by atoms with van der Waals surface area (Å²) in [7, 11) is 0. The van der Waals surface area contributed by atoms with Crippen molar-refractivity contribution < 1.29 is 28.2 Å². The van der Waals surface area contributed by atoms with Gasteiger partial charge in [0.1, 0.15) is 0 Å². The van der Waals surface area contributed by atoms with Crippen LogP contribution in [0.2, 0.25) is 0 Å². The van der Waals surface area contributed by atoms with Crippen LogP contribution < -0.4 is 0 Å². The van der Waals surface area contributed by atoms with Gasteiger partial charge in [-0.2, -0.15) is 0 Å². The summed E-state index contributed by atoms with van der Waals surface area (Å²) in [6, 6.07) is 3.94. The van der Waals surface area contributed by atoms with E-state index in [0.717, 1.165) is 6.07 Å². The number of hydrogen-bond donors (Lipinski definition) is 1. The molecule has 1 aliphatic heterocycles. The van der Waals surface area contributed by atoms with Gasteiger partial charge in [-0.25, -0.2) is 13.6 Å². The van der Waals surface area contributed by atoms with E-state index in [1.807, 2.05) is 0 Å². The molecule has 2 aliphatic rings. The van der Waals surface area contributed by atoms with Crippen LogP contribution in [-0.4, -0.2) is 47.7 Å². The highest BCUT2D eigenvalue weighted by atomic mass is 19.2. The summed E-state index contributed by atoms with van der Waals surface area (Å²) in [6.45, 7) is 0.467. The van der Waals surface area contributed by atoms with Gasteiger partial charge in [-0.1, -0.05) is 12.1 Å². The van der Waals surface area contributed by atoms with E-state index in [1.54, 1.807) is 0 Å². The molecule has 118 valence electrons. The quantitative estimate of drug-likeness (QED) is 0.916. The Labute approximate surface area is 125 Å². The van der Waals surface area contributed by atoms with Crippen LogP contribution in [-0.2, 0) is 14.3 Å². The molecular weight excluding hydrogens is 296 g/mol. The minimum atomic E-state index is -1.11. The summed E-state index contributed by atoms with van der Waals surface area (Å²) in [5, 5.41) is 8.93. The molecule has 1 saturated carbocycles. The van der Waals surface area contributed by atoms with E-state index in [-0.39, 0.29) is 30.5 Å². The molecule has 0 radical (unpaired) electrons. The van der Waals surface area contributed by atoms with Crippen LogP contribution in [0.5, 0.6) is 0 Å². The SMILES string of the molecule is O=C(O)[C@@H]1CN(C(=O)[C@@H]2C[C@H]2c2cccc(F)c2F)CCO1.